The van der Waals surface area contributed by atoms with Crippen molar-refractivity contribution in [3.05, 3.63) is 35.5 Å². The average Bonchev–Trinajstić information content (AvgIpc) is 3.81. The molecule has 3 N–H and O–H groups in total. The van der Waals surface area contributed by atoms with Crippen LogP contribution in [0.15, 0.2) is 24.3 Å². The fourth-order valence-corrected chi connectivity index (χ4v) is 6.91. The van der Waals surface area contributed by atoms with E-state index in [1.807, 2.05) is 24.1 Å². The number of hydrogen-bond acceptors (Lipinski definition) is 8. The molecule has 1 aliphatic carbocycles. The van der Waals surface area contributed by atoms with Gasteiger partial charge in [-0.1, -0.05) is 19.1 Å². The highest BCUT2D eigenvalue weighted by atomic mass is 16.2. The van der Waals surface area contributed by atoms with E-state index in [4.69, 9.17) is 10.7 Å². The van der Waals surface area contributed by atoms with Crippen LogP contribution in [0.5, 0.6) is 0 Å². The van der Waals surface area contributed by atoms with Crippen LogP contribution < -0.4 is 16.0 Å². The van der Waals surface area contributed by atoms with Gasteiger partial charge in [0, 0.05) is 44.5 Å². The quantitative estimate of drug-likeness (QED) is 0.528. The van der Waals surface area contributed by atoms with Crippen molar-refractivity contribution in [1.29, 1.82) is 0 Å². The monoisotopic (exact) mass is 561 g/mol. The molecule has 11 nitrogen and oxygen atoms in total. The molecular formula is C30H43N9O2. The van der Waals surface area contributed by atoms with Gasteiger partial charge in [0.2, 0.25) is 5.95 Å². The van der Waals surface area contributed by atoms with Crippen molar-refractivity contribution in [1.82, 2.24) is 29.9 Å². The number of likely N-dealkylation sites (tertiary alicyclic amines) is 1. The lowest BCUT2D eigenvalue weighted by molar-refractivity contribution is 0.0989. The summed E-state index contributed by atoms with van der Waals surface area (Å²) in [6.07, 6.45) is 7.84. The Morgan fingerprint density at radius 3 is 2.37 bits per heavy atom. The van der Waals surface area contributed by atoms with Crippen molar-refractivity contribution < 1.29 is 9.59 Å². The molecule has 0 unspecified atom stereocenters. The van der Waals surface area contributed by atoms with E-state index in [-0.39, 0.29) is 29.2 Å². The molecule has 4 heterocycles. The SMILES string of the molecule is C[C@@H]1[C@H](N2CCCN(C)C2=O)CCCN1c1nnc(C(N)=O)c(Nc2ccc(C3(C)CCN(C4CC4)CC3)cc2)n1. The Hall–Kier alpha value is -3.47. The summed E-state index contributed by atoms with van der Waals surface area (Å²) in [5.41, 5.74) is 7.98. The Morgan fingerprint density at radius 2 is 1.68 bits per heavy atom. The van der Waals surface area contributed by atoms with Crippen molar-refractivity contribution in [3.63, 3.8) is 0 Å². The Kier molecular flexibility index (Phi) is 7.48. The number of amides is 3. The van der Waals surface area contributed by atoms with E-state index in [9.17, 15) is 9.59 Å². The summed E-state index contributed by atoms with van der Waals surface area (Å²) in [5.74, 6) is 0.0403. The predicted molar refractivity (Wildman–Crippen MR) is 158 cm³/mol. The zero-order chi connectivity index (χ0) is 28.7. The first-order chi connectivity index (χ1) is 19.7. The average molecular weight is 562 g/mol. The third-order valence-corrected chi connectivity index (χ3v) is 9.79. The van der Waals surface area contributed by atoms with Gasteiger partial charge in [0.1, 0.15) is 0 Å². The topological polar surface area (TPSA) is 124 Å². The summed E-state index contributed by atoms with van der Waals surface area (Å²) in [4.78, 5) is 38.4. The van der Waals surface area contributed by atoms with Crippen LogP contribution in [0.2, 0.25) is 0 Å². The zero-order valence-electron chi connectivity index (χ0n) is 24.6. The molecule has 4 fully saturated rings. The molecule has 3 aliphatic heterocycles. The standard InChI is InChI=1S/C30H43N9O2/c1-20-24(39-17-5-15-36(3)29(39)41)6-4-16-38(20)28-33-27(25(26(31)40)34-35-28)32-22-9-7-21(8-10-22)30(2)13-18-37(19-14-30)23-11-12-23/h7-10,20,23-24H,4-6,11-19H2,1-3H3,(H2,31,40)(H,32,33,35)/t20-,24-/m1/s1. The number of benzene rings is 1. The number of carbonyl (C=O) groups excluding carboxylic acids is 2. The van der Waals surface area contributed by atoms with Gasteiger partial charge in [-0.15, -0.1) is 10.2 Å². The van der Waals surface area contributed by atoms with Crippen molar-refractivity contribution in [2.45, 2.75) is 82.3 Å². The predicted octanol–water partition coefficient (Wildman–Crippen LogP) is 3.34. The number of nitrogens with zero attached hydrogens (tertiary/aromatic N) is 7. The van der Waals surface area contributed by atoms with Crippen LogP contribution in [-0.2, 0) is 5.41 Å². The van der Waals surface area contributed by atoms with Crippen LogP contribution in [0.25, 0.3) is 0 Å². The van der Waals surface area contributed by atoms with Gasteiger partial charge in [-0.2, -0.15) is 4.98 Å². The number of rotatable bonds is 7. The van der Waals surface area contributed by atoms with Gasteiger partial charge in [0.05, 0.1) is 6.04 Å². The molecule has 4 aliphatic rings. The Morgan fingerprint density at radius 1 is 0.976 bits per heavy atom. The van der Waals surface area contributed by atoms with E-state index in [1.165, 1.54) is 18.4 Å². The summed E-state index contributed by atoms with van der Waals surface area (Å²) in [5, 5.41) is 11.8. The second kappa shape index (κ2) is 11.1. The first kappa shape index (κ1) is 27.7. The maximum Gasteiger partial charge on any atom is 0.320 e. The third kappa shape index (κ3) is 5.56. The lowest BCUT2D eigenvalue weighted by Crippen LogP contribution is -2.60. The van der Waals surface area contributed by atoms with Crippen LogP contribution in [0.1, 0.15) is 74.8 Å². The highest BCUT2D eigenvalue weighted by Gasteiger charge is 2.39. The fourth-order valence-electron chi connectivity index (χ4n) is 6.91. The molecule has 6 rings (SSSR count). The second-order valence-corrected chi connectivity index (χ2v) is 12.6. The molecule has 220 valence electrons. The van der Waals surface area contributed by atoms with Crippen molar-refractivity contribution in [2.24, 2.45) is 5.73 Å². The number of hydrogen-bond donors (Lipinski definition) is 2. The highest BCUT2D eigenvalue weighted by Crippen LogP contribution is 2.39. The molecule has 0 radical (unpaired) electrons. The zero-order valence-corrected chi connectivity index (χ0v) is 24.6. The summed E-state index contributed by atoms with van der Waals surface area (Å²) in [6, 6.07) is 9.39. The molecule has 3 saturated heterocycles. The summed E-state index contributed by atoms with van der Waals surface area (Å²) in [7, 11) is 1.86. The van der Waals surface area contributed by atoms with Crippen LogP contribution >= 0.6 is 0 Å². The first-order valence-corrected chi connectivity index (χ1v) is 15.2. The number of piperidine rings is 2. The van der Waals surface area contributed by atoms with E-state index in [2.05, 4.69) is 51.3 Å². The van der Waals surface area contributed by atoms with Gasteiger partial charge >= 0.3 is 6.03 Å². The number of anilines is 3. The van der Waals surface area contributed by atoms with Gasteiger partial charge in [-0.3, -0.25) is 4.79 Å². The minimum absolute atomic E-state index is 0.000336. The Balaban J connectivity index is 1.19. The van der Waals surface area contributed by atoms with E-state index >= 15 is 0 Å². The van der Waals surface area contributed by atoms with Gasteiger partial charge in [-0.05, 0) is 88.1 Å². The van der Waals surface area contributed by atoms with Crippen molar-refractivity contribution >= 4 is 29.4 Å². The largest absolute Gasteiger partial charge is 0.364 e. The Labute approximate surface area is 242 Å². The van der Waals surface area contributed by atoms with Crippen LogP contribution in [-0.4, -0.2) is 99.7 Å². The number of carbonyl (C=O) groups is 2. The first-order valence-electron chi connectivity index (χ1n) is 15.2. The van der Waals surface area contributed by atoms with Crippen molar-refractivity contribution in [2.75, 3.05) is 50.0 Å². The van der Waals surface area contributed by atoms with Gasteiger partial charge in [-0.25, -0.2) is 4.79 Å². The number of urea groups is 1. The van der Waals surface area contributed by atoms with E-state index in [0.717, 1.165) is 76.6 Å². The van der Waals surface area contributed by atoms with Crippen LogP contribution in [0.3, 0.4) is 0 Å². The summed E-state index contributed by atoms with van der Waals surface area (Å²) in [6.45, 7) is 9.10. The molecule has 11 heteroatoms. The molecule has 1 aromatic heterocycles. The Bertz CT molecular complexity index is 1270. The maximum atomic E-state index is 12.9. The van der Waals surface area contributed by atoms with Gasteiger partial charge in [0.15, 0.2) is 11.5 Å². The van der Waals surface area contributed by atoms with Crippen molar-refractivity contribution in [3.8, 4) is 0 Å². The van der Waals surface area contributed by atoms with E-state index in [0.29, 0.717) is 11.8 Å². The van der Waals surface area contributed by atoms with Gasteiger partial charge < -0.3 is 30.7 Å². The third-order valence-electron chi connectivity index (χ3n) is 9.79. The summed E-state index contributed by atoms with van der Waals surface area (Å²) >= 11 is 0. The lowest BCUT2D eigenvalue weighted by Gasteiger charge is -2.47. The summed E-state index contributed by atoms with van der Waals surface area (Å²) < 4.78 is 0. The molecule has 2 aromatic rings. The van der Waals surface area contributed by atoms with Crippen LogP contribution in [0.4, 0.5) is 22.2 Å². The number of primary amides is 1. The molecule has 1 aromatic carbocycles. The maximum absolute atomic E-state index is 12.9. The molecular weight excluding hydrogens is 518 g/mol. The minimum Gasteiger partial charge on any atom is -0.364 e. The lowest BCUT2D eigenvalue weighted by atomic mass is 9.74. The number of nitrogens with one attached hydrogen (secondary N) is 1. The number of aromatic nitrogens is 3. The molecule has 0 spiro atoms. The molecule has 1 saturated carbocycles. The smallest absolute Gasteiger partial charge is 0.320 e. The van der Waals surface area contributed by atoms with E-state index < -0.39 is 5.91 Å². The molecule has 3 amide bonds. The number of nitrogens with two attached hydrogens (primary N) is 1. The van der Waals surface area contributed by atoms with Gasteiger partial charge in [0.25, 0.3) is 5.91 Å². The fraction of sp³-hybridized carbons (Fsp3) is 0.633. The normalized spacial score (nSPS) is 25.3. The minimum atomic E-state index is -0.683. The molecule has 0 bridgehead atoms. The second-order valence-electron chi connectivity index (χ2n) is 12.6. The van der Waals surface area contributed by atoms with E-state index in [1.54, 1.807) is 4.90 Å². The highest BCUT2D eigenvalue weighted by molar-refractivity contribution is 5.96. The van der Waals surface area contributed by atoms with Crippen LogP contribution in [0, 0.1) is 0 Å². The molecule has 2 atom stereocenters. The molecule has 41 heavy (non-hydrogen) atoms.